The number of hydrogen-bond donors (Lipinski definition) is 0. The fourth-order valence-electron chi connectivity index (χ4n) is 1.89. The first-order chi connectivity index (χ1) is 8.72. The van der Waals surface area contributed by atoms with Crippen LogP contribution in [-0.4, -0.2) is 13.0 Å². The molecule has 0 aromatic heterocycles. The van der Waals surface area contributed by atoms with Crippen molar-refractivity contribution in [2.45, 2.75) is 13.3 Å². The summed E-state index contributed by atoms with van der Waals surface area (Å²) in [5.74, 6) is 0.0245. The van der Waals surface area contributed by atoms with Gasteiger partial charge in [0.1, 0.15) is 0 Å². The Morgan fingerprint density at radius 1 is 1.06 bits per heavy atom. The highest BCUT2D eigenvalue weighted by atomic mass is 16.2. The van der Waals surface area contributed by atoms with Crippen molar-refractivity contribution in [2.75, 3.05) is 11.9 Å². The molecule has 2 rings (SSSR count). The average molecular weight is 239 g/mol. The van der Waals surface area contributed by atoms with E-state index in [9.17, 15) is 4.79 Å². The van der Waals surface area contributed by atoms with E-state index in [2.05, 4.69) is 6.92 Å². The van der Waals surface area contributed by atoms with Crippen molar-refractivity contribution in [3.63, 3.8) is 0 Å². The third-order valence-corrected chi connectivity index (χ3v) is 3.03. The lowest BCUT2D eigenvalue weighted by atomic mass is 10.1. The van der Waals surface area contributed by atoms with Gasteiger partial charge in [0.15, 0.2) is 0 Å². The van der Waals surface area contributed by atoms with Crippen molar-refractivity contribution in [1.82, 2.24) is 0 Å². The van der Waals surface area contributed by atoms with Crippen molar-refractivity contribution in [3.8, 4) is 0 Å². The number of hydrogen-bond acceptors (Lipinski definition) is 1. The number of nitrogens with zero attached hydrogens (tertiary/aromatic N) is 1. The molecule has 18 heavy (non-hydrogen) atoms. The summed E-state index contributed by atoms with van der Waals surface area (Å²) in [7, 11) is 1.80. The van der Waals surface area contributed by atoms with Crippen LogP contribution >= 0.6 is 0 Å². The van der Waals surface area contributed by atoms with Gasteiger partial charge < -0.3 is 4.90 Å². The normalized spacial score (nSPS) is 10.1. The molecule has 0 unspecified atom stereocenters. The monoisotopic (exact) mass is 239 g/mol. The number of amides is 1. The van der Waals surface area contributed by atoms with Gasteiger partial charge in [-0.3, -0.25) is 4.79 Å². The van der Waals surface area contributed by atoms with Gasteiger partial charge in [-0.2, -0.15) is 0 Å². The maximum Gasteiger partial charge on any atom is 0.258 e. The molecule has 2 aromatic carbocycles. The first kappa shape index (κ1) is 12.4. The van der Waals surface area contributed by atoms with E-state index in [-0.39, 0.29) is 5.91 Å². The summed E-state index contributed by atoms with van der Waals surface area (Å²) in [5, 5.41) is 0. The lowest BCUT2D eigenvalue weighted by Crippen LogP contribution is -2.26. The Bertz CT molecular complexity index is 534. The predicted molar refractivity (Wildman–Crippen MR) is 75.0 cm³/mol. The zero-order chi connectivity index (χ0) is 13.0. The van der Waals surface area contributed by atoms with Gasteiger partial charge in [-0.15, -0.1) is 0 Å². The van der Waals surface area contributed by atoms with Crippen LogP contribution in [0.5, 0.6) is 0 Å². The zero-order valence-corrected chi connectivity index (χ0v) is 10.8. The van der Waals surface area contributed by atoms with Crippen molar-refractivity contribution in [1.29, 1.82) is 0 Å². The Hall–Kier alpha value is -2.09. The molecular formula is C16H17NO. The number of para-hydroxylation sites is 1. The molecule has 0 bridgehead atoms. The average Bonchev–Trinajstić information content (AvgIpc) is 2.46. The summed E-state index contributed by atoms with van der Waals surface area (Å²) in [5.41, 5.74) is 2.83. The first-order valence-electron chi connectivity index (χ1n) is 6.14. The molecule has 0 spiro atoms. The Balaban J connectivity index is 2.25. The van der Waals surface area contributed by atoms with Gasteiger partial charge in [-0.25, -0.2) is 0 Å². The van der Waals surface area contributed by atoms with E-state index in [4.69, 9.17) is 0 Å². The second-order valence-electron chi connectivity index (χ2n) is 4.25. The SMILES string of the molecule is CCc1cccc(C(=O)N(C)c2ccccc2)c1. The van der Waals surface area contributed by atoms with Crippen LogP contribution in [0.15, 0.2) is 54.6 Å². The van der Waals surface area contributed by atoms with Crippen LogP contribution in [0, 0.1) is 0 Å². The summed E-state index contributed by atoms with van der Waals surface area (Å²) in [4.78, 5) is 14.0. The molecule has 0 aliphatic heterocycles. The van der Waals surface area contributed by atoms with E-state index in [1.807, 2.05) is 54.6 Å². The van der Waals surface area contributed by atoms with Gasteiger partial charge >= 0.3 is 0 Å². The molecule has 0 saturated heterocycles. The summed E-state index contributed by atoms with van der Waals surface area (Å²) >= 11 is 0. The van der Waals surface area contributed by atoms with E-state index in [1.54, 1.807) is 11.9 Å². The standard InChI is InChI=1S/C16H17NO/c1-3-13-8-7-9-14(12-13)16(18)17(2)15-10-5-4-6-11-15/h4-12H,3H2,1-2H3. The van der Waals surface area contributed by atoms with Gasteiger partial charge in [0.2, 0.25) is 0 Å². The van der Waals surface area contributed by atoms with E-state index in [0.29, 0.717) is 0 Å². The lowest BCUT2D eigenvalue weighted by molar-refractivity contribution is 0.0993. The van der Waals surface area contributed by atoms with Gasteiger partial charge in [-0.05, 0) is 36.2 Å². The molecule has 2 aromatic rings. The molecule has 0 aliphatic carbocycles. The minimum absolute atomic E-state index is 0.0245. The number of carbonyl (C=O) groups excluding carboxylic acids is 1. The predicted octanol–water partition coefficient (Wildman–Crippen LogP) is 3.53. The molecule has 0 radical (unpaired) electrons. The molecule has 2 nitrogen and oxygen atoms in total. The lowest BCUT2D eigenvalue weighted by Gasteiger charge is -2.17. The second kappa shape index (κ2) is 5.50. The van der Waals surface area contributed by atoms with Gasteiger partial charge in [0, 0.05) is 18.3 Å². The van der Waals surface area contributed by atoms with Crippen LogP contribution in [-0.2, 0) is 6.42 Å². The fraction of sp³-hybridized carbons (Fsp3) is 0.188. The van der Waals surface area contributed by atoms with Crippen LogP contribution in [0.1, 0.15) is 22.8 Å². The molecule has 0 N–H and O–H groups in total. The topological polar surface area (TPSA) is 20.3 Å². The second-order valence-corrected chi connectivity index (χ2v) is 4.25. The molecule has 0 fully saturated rings. The van der Waals surface area contributed by atoms with Crippen LogP contribution in [0.2, 0.25) is 0 Å². The van der Waals surface area contributed by atoms with Gasteiger partial charge in [0.25, 0.3) is 5.91 Å². The van der Waals surface area contributed by atoms with Crippen LogP contribution in [0.3, 0.4) is 0 Å². The summed E-state index contributed by atoms with van der Waals surface area (Å²) in [6, 6.07) is 17.5. The number of rotatable bonds is 3. The zero-order valence-electron chi connectivity index (χ0n) is 10.8. The number of aryl methyl sites for hydroxylation is 1. The van der Waals surface area contributed by atoms with Crippen molar-refractivity contribution in [2.24, 2.45) is 0 Å². The van der Waals surface area contributed by atoms with Crippen molar-refractivity contribution in [3.05, 3.63) is 65.7 Å². The number of benzene rings is 2. The molecule has 0 saturated carbocycles. The Labute approximate surface area is 108 Å². The first-order valence-corrected chi connectivity index (χ1v) is 6.14. The molecule has 0 heterocycles. The van der Waals surface area contributed by atoms with Gasteiger partial charge in [-0.1, -0.05) is 37.3 Å². The maximum atomic E-state index is 12.3. The van der Waals surface area contributed by atoms with Crippen LogP contribution in [0.25, 0.3) is 0 Å². The highest BCUT2D eigenvalue weighted by Crippen LogP contribution is 2.15. The van der Waals surface area contributed by atoms with E-state index < -0.39 is 0 Å². The minimum Gasteiger partial charge on any atom is -0.311 e. The molecular weight excluding hydrogens is 222 g/mol. The highest BCUT2D eigenvalue weighted by molar-refractivity contribution is 6.05. The minimum atomic E-state index is 0.0245. The van der Waals surface area contributed by atoms with Crippen LogP contribution < -0.4 is 4.90 Å². The Morgan fingerprint density at radius 3 is 2.44 bits per heavy atom. The van der Waals surface area contributed by atoms with Crippen molar-refractivity contribution < 1.29 is 4.79 Å². The third-order valence-electron chi connectivity index (χ3n) is 3.03. The summed E-state index contributed by atoms with van der Waals surface area (Å²) in [6.07, 6.45) is 0.941. The largest absolute Gasteiger partial charge is 0.311 e. The Morgan fingerprint density at radius 2 is 1.78 bits per heavy atom. The highest BCUT2D eigenvalue weighted by Gasteiger charge is 2.12. The molecule has 1 amide bonds. The maximum absolute atomic E-state index is 12.3. The van der Waals surface area contributed by atoms with E-state index >= 15 is 0 Å². The number of carbonyl (C=O) groups is 1. The molecule has 0 atom stereocenters. The van der Waals surface area contributed by atoms with E-state index in [0.717, 1.165) is 17.7 Å². The van der Waals surface area contributed by atoms with E-state index in [1.165, 1.54) is 5.56 Å². The van der Waals surface area contributed by atoms with Crippen molar-refractivity contribution >= 4 is 11.6 Å². The molecule has 92 valence electrons. The fourth-order valence-corrected chi connectivity index (χ4v) is 1.89. The van der Waals surface area contributed by atoms with Gasteiger partial charge in [0.05, 0.1) is 0 Å². The Kier molecular flexibility index (Phi) is 3.78. The third kappa shape index (κ3) is 2.59. The summed E-state index contributed by atoms with van der Waals surface area (Å²) in [6.45, 7) is 2.09. The molecule has 2 heteroatoms. The smallest absolute Gasteiger partial charge is 0.258 e. The quantitative estimate of drug-likeness (QED) is 0.802. The summed E-state index contributed by atoms with van der Waals surface area (Å²) < 4.78 is 0. The molecule has 0 aliphatic rings. The van der Waals surface area contributed by atoms with Crippen LogP contribution in [0.4, 0.5) is 5.69 Å². The number of anilines is 1.